The van der Waals surface area contributed by atoms with Gasteiger partial charge in [-0.1, -0.05) is 0 Å². The summed E-state index contributed by atoms with van der Waals surface area (Å²) in [6.45, 7) is 3.65. The summed E-state index contributed by atoms with van der Waals surface area (Å²) in [6.07, 6.45) is 0. The highest BCUT2D eigenvalue weighted by molar-refractivity contribution is 6.29. The molecule has 0 saturated carbocycles. The zero-order valence-electron chi connectivity index (χ0n) is 11.0. The first kappa shape index (κ1) is 12.9. The number of benzene rings is 1. The molecular formula is C15H12ClNO3. The number of nitrogens with one attached hydrogen (secondary N) is 1. The van der Waals surface area contributed by atoms with Gasteiger partial charge in [-0.2, -0.15) is 0 Å². The van der Waals surface area contributed by atoms with Crippen molar-refractivity contribution in [2.75, 3.05) is 5.32 Å². The third-order valence-electron chi connectivity index (χ3n) is 3.57. The van der Waals surface area contributed by atoms with Crippen molar-refractivity contribution < 1.29 is 14.0 Å². The molecule has 5 heteroatoms. The number of carbonyl (C=O) groups is 2. The summed E-state index contributed by atoms with van der Waals surface area (Å²) in [5, 5.41) is 2.98. The molecule has 1 aromatic heterocycles. The van der Waals surface area contributed by atoms with Gasteiger partial charge in [0.15, 0.2) is 11.0 Å². The Labute approximate surface area is 120 Å². The van der Waals surface area contributed by atoms with Crippen LogP contribution in [0.3, 0.4) is 0 Å². The van der Waals surface area contributed by atoms with Crippen LogP contribution in [0, 0.1) is 0 Å². The fourth-order valence-electron chi connectivity index (χ4n) is 2.29. The van der Waals surface area contributed by atoms with Gasteiger partial charge in [0.2, 0.25) is 11.7 Å². The number of ketones is 1. The van der Waals surface area contributed by atoms with E-state index in [1.54, 1.807) is 18.2 Å². The van der Waals surface area contributed by atoms with Gasteiger partial charge in [0.05, 0.1) is 5.41 Å². The average molecular weight is 290 g/mol. The van der Waals surface area contributed by atoms with Gasteiger partial charge in [-0.05, 0) is 61.3 Å². The first-order valence-corrected chi connectivity index (χ1v) is 6.53. The maximum absolute atomic E-state index is 12.3. The topological polar surface area (TPSA) is 59.3 Å². The lowest BCUT2D eigenvalue weighted by Crippen LogP contribution is -2.27. The number of fused-ring (bicyclic) bond motifs is 1. The van der Waals surface area contributed by atoms with Crippen LogP contribution < -0.4 is 5.32 Å². The van der Waals surface area contributed by atoms with Crippen molar-refractivity contribution in [3.63, 3.8) is 0 Å². The minimum absolute atomic E-state index is 0.0712. The van der Waals surface area contributed by atoms with E-state index in [0.29, 0.717) is 5.56 Å². The molecule has 2 aromatic rings. The summed E-state index contributed by atoms with van der Waals surface area (Å²) in [6, 6.07) is 8.19. The minimum Gasteiger partial charge on any atom is -0.441 e. The first-order valence-electron chi connectivity index (χ1n) is 6.15. The molecule has 2 heterocycles. The summed E-state index contributed by atoms with van der Waals surface area (Å²) in [5.74, 6) is -0.141. The quantitative estimate of drug-likeness (QED) is 0.862. The summed E-state index contributed by atoms with van der Waals surface area (Å²) >= 11 is 5.68. The standard InChI is InChI=1S/C15H12ClNO3/c1-15(2)9-7-8(3-4-10(9)17-14(15)19)13(18)11-5-6-12(16)20-11/h3-7H,1-2H3,(H,17,19). The van der Waals surface area contributed by atoms with E-state index in [1.807, 2.05) is 13.8 Å². The molecule has 102 valence electrons. The maximum atomic E-state index is 12.3. The monoisotopic (exact) mass is 289 g/mol. The molecule has 20 heavy (non-hydrogen) atoms. The van der Waals surface area contributed by atoms with E-state index in [1.165, 1.54) is 12.1 Å². The van der Waals surface area contributed by atoms with Gasteiger partial charge < -0.3 is 9.73 Å². The molecule has 0 unspecified atom stereocenters. The van der Waals surface area contributed by atoms with Crippen LogP contribution in [-0.4, -0.2) is 11.7 Å². The van der Waals surface area contributed by atoms with Gasteiger partial charge in [0.25, 0.3) is 0 Å². The van der Waals surface area contributed by atoms with E-state index in [0.717, 1.165) is 11.3 Å². The largest absolute Gasteiger partial charge is 0.441 e. The van der Waals surface area contributed by atoms with Gasteiger partial charge in [-0.3, -0.25) is 9.59 Å². The molecule has 1 amide bonds. The van der Waals surface area contributed by atoms with E-state index >= 15 is 0 Å². The van der Waals surface area contributed by atoms with E-state index in [4.69, 9.17) is 16.0 Å². The van der Waals surface area contributed by atoms with E-state index in [-0.39, 0.29) is 22.7 Å². The lowest BCUT2D eigenvalue weighted by molar-refractivity contribution is -0.119. The van der Waals surface area contributed by atoms with Gasteiger partial charge in [-0.15, -0.1) is 0 Å². The highest BCUT2D eigenvalue weighted by Gasteiger charge is 2.38. The number of furan rings is 1. The Morgan fingerprint density at radius 2 is 2.00 bits per heavy atom. The highest BCUT2D eigenvalue weighted by atomic mass is 35.5. The fourth-order valence-corrected chi connectivity index (χ4v) is 2.44. The number of anilines is 1. The fraction of sp³-hybridized carbons (Fsp3) is 0.200. The molecule has 3 rings (SSSR count). The SMILES string of the molecule is CC1(C)C(=O)Nc2ccc(C(=O)c3ccc(Cl)o3)cc21. The first-order chi connectivity index (χ1) is 9.39. The van der Waals surface area contributed by atoms with Crippen molar-refractivity contribution in [1.29, 1.82) is 0 Å². The lowest BCUT2D eigenvalue weighted by atomic mass is 9.85. The van der Waals surface area contributed by atoms with Crippen molar-refractivity contribution in [2.45, 2.75) is 19.3 Å². The van der Waals surface area contributed by atoms with Crippen LogP contribution in [0.4, 0.5) is 5.69 Å². The maximum Gasteiger partial charge on any atom is 0.234 e. The molecule has 1 N–H and O–H groups in total. The Bertz CT molecular complexity index is 730. The van der Waals surface area contributed by atoms with E-state index in [2.05, 4.69) is 5.32 Å². The predicted octanol–water partition coefficient (Wildman–Crippen LogP) is 3.39. The van der Waals surface area contributed by atoms with Crippen molar-refractivity contribution >= 4 is 29.0 Å². The van der Waals surface area contributed by atoms with Crippen LogP contribution in [0.15, 0.2) is 34.7 Å². The van der Waals surface area contributed by atoms with Crippen LogP contribution in [-0.2, 0) is 10.2 Å². The Morgan fingerprint density at radius 3 is 2.65 bits per heavy atom. The lowest BCUT2D eigenvalue weighted by Gasteiger charge is -2.15. The molecule has 0 fully saturated rings. The predicted molar refractivity (Wildman–Crippen MR) is 75.2 cm³/mol. The molecule has 1 aliphatic rings. The highest BCUT2D eigenvalue weighted by Crippen LogP contribution is 2.38. The normalized spacial score (nSPS) is 15.8. The summed E-state index contributed by atoms with van der Waals surface area (Å²) in [4.78, 5) is 24.2. The number of rotatable bonds is 2. The Morgan fingerprint density at radius 1 is 1.25 bits per heavy atom. The molecule has 0 atom stereocenters. The molecule has 0 bridgehead atoms. The Balaban J connectivity index is 2.04. The van der Waals surface area contributed by atoms with Gasteiger partial charge in [0, 0.05) is 11.3 Å². The van der Waals surface area contributed by atoms with Crippen LogP contribution in [0.2, 0.25) is 5.22 Å². The summed E-state index contributed by atoms with van der Waals surface area (Å²) < 4.78 is 5.13. The van der Waals surface area contributed by atoms with Crippen LogP contribution >= 0.6 is 11.6 Å². The second-order valence-electron chi connectivity index (χ2n) is 5.27. The zero-order valence-corrected chi connectivity index (χ0v) is 11.7. The molecule has 0 saturated heterocycles. The van der Waals surface area contributed by atoms with Crippen molar-refractivity contribution in [3.05, 3.63) is 52.4 Å². The third-order valence-corrected chi connectivity index (χ3v) is 3.77. The van der Waals surface area contributed by atoms with Gasteiger partial charge in [-0.25, -0.2) is 0 Å². The van der Waals surface area contributed by atoms with Crippen LogP contribution in [0.1, 0.15) is 35.5 Å². The van der Waals surface area contributed by atoms with Crippen molar-refractivity contribution in [2.24, 2.45) is 0 Å². The van der Waals surface area contributed by atoms with Crippen LogP contribution in [0.5, 0.6) is 0 Å². The van der Waals surface area contributed by atoms with Crippen molar-refractivity contribution in [3.8, 4) is 0 Å². The molecule has 1 aliphatic heterocycles. The van der Waals surface area contributed by atoms with Gasteiger partial charge in [0.1, 0.15) is 0 Å². The number of hydrogen-bond acceptors (Lipinski definition) is 3. The number of halogens is 1. The summed E-state index contributed by atoms with van der Waals surface area (Å²) in [5.41, 5.74) is 1.38. The smallest absolute Gasteiger partial charge is 0.234 e. The number of carbonyl (C=O) groups excluding carboxylic acids is 2. The molecular weight excluding hydrogens is 278 g/mol. The second kappa shape index (κ2) is 4.21. The van der Waals surface area contributed by atoms with Crippen LogP contribution in [0.25, 0.3) is 0 Å². The third kappa shape index (κ3) is 1.84. The number of amides is 1. The second-order valence-corrected chi connectivity index (χ2v) is 5.64. The molecule has 0 radical (unpaired) electrons. The Hall–Kier alpha value is -2.07. The average Bonchev–Trinajstić information content (AvgIpc) is 2.92. The van der Waals surface area contributed by atoms with Crippen molar-refractivity contribution in [1.82, 2.24) is 0 Å². The van der Waals surface area contributed by atoms with Gasteiger partial charge >= 0.3 is 0 Å². The Kier molecular flexibility index (Phi) is 2.73. The van der Waals surface area contributed by atoms with E-state index < -0.39 is 5.41 Å². The zero-order chi connectivity index (χ0) is 14.5. The molecule has 0 spiro atoms. The number of hydrogen-bond donors (Lipinski definition) is 1. The molecule has 1 aromatic carbocycles. The minimum atomic E-state index is -0.646. The molecule has 0 aliphatic carbocycles. The van der Waals surface area contributed by atoms with E-state index in [9.17, 15) is 9.59 Å². The molecule has 4 nitrogen and oxygen atoms in total. The summed E-state index contributed by atoms with van der Waals surface area (Å²) in [7, 11) is 0.